The van der Waals surface area contributed by atoms with Crippen molar-refractivity contribution in [3.8, 4) is 0 Å². The van der Waals surface area contributed by atoms with E-state index in [0.29, 0.717) is 12.3 Å². The molecule has 0 heterocycles. The average molecular weight is 144 g/mol. The summed E-state index contributed by atoms with van der Waals surface area (Å²) in [5.74, 6) is 0.713. The van der Waals surface area contributed by atoms with Crippen LogP contribution in [0.25, 0.3) is 0 Å². The molecule has 0 aliphatic rings. The Hall–Kier alpha value is -1.06. The molecule has 58 valence electrons. The number of nitrogens with one attached hydrogen (secondary N) is 1. The first-order valence-corrected chi connectivity index (χ1v) is 3.03. The quantitative estimate of drug-likeness (QED) is 0.269. The van der Waals surface area contributed by atoms with E-state index in [1.807, 2.05) is 13.8 Å². The minimum Gasteiger partial charge on any atom is -0.483 e. The van der Waals surface area contributed by atoms with Gasteiger partial charge in [-0.25, -0.2) is 5.43 Å². The number of rotatable bonds is 3. The SMILES string of the molecule is CO/C(=N\NC=O)C(C)C. The van der Waals surface area contributed by atoms with E-state index in [0.717, 1.165) is 0 Å². The Bertz CT molecular complexity index is 132. The monoisotopic (exact) mass is 144 g/mol. The molecule has 0 aliphatic carbocycles. The Kier molecular flexibility index (Phi) is 4.28. The Morgan fingerprint density at radius 3 is 2.60 bits per heavy atom. The van der Waals surface area contributed by atoms with Gasteiger partial charge in [0, 0.05) is 5.92 Å². The van der Waals surface area contributed by atoms with Crippen molar-refractivity contribution < 1.29 is 9.53 Å². The van der Waals surface area contributed by atoms with E-state index in [1.54, 1.807) is 0 Å². The molecule has 0 saturated carbocycles. The number of ether oxygens (including phenoxy) is 1. The summed E-state index contributed by atoms with van der Waals surface area (Å²) in [6.45, 7) is 3.85. The maximum atomic E-state index is 9.77. The van der Waals surface area contributed by atoms with E-state index in [9.17, 15) is 4.79 Å². The summed E-state index contributed by atoms with van der Waals surface area (Å²) in [4.78, 5) is 9.77. The number of carbonyl (C=O) groups excluding carboxylic acids is 1. The summed E-state index contributed by atoms with van der Waals surface area (Å²) in [7, 11) is 1.52. The first kappa shape index (κ1) is 8.94. The van der Waals surface area contributed by atoms with Gasteiger partial charge < -0.3 is 4.74 Å². The number of carbonyl (C=O) groups is 1. The lowest BCUT2D eigenvalue weighted by molar-refractivity contribution is -0.109. The molecule has 0 fully saturated rings. The normalized spacial score (nSPS) is 11.4. The highest BCUT2D eigenvalue weighted by molar-refractivity contribution is 5.78. The van der Waals surface area contributed by atoms with Gasteiger partial charge >= 0.3 is 0 Å². The molecule has 4 nitrogen and oxygen atoms in total. The third-order valence-corrected chi connectivity index (χ3v) is 0.930. The molecule has 0 radical (unpaired) electrons. The highest BCUT2D eigenvalue weighted by Gasteiger charge is 2.02. The van der Waals surface area contributed by atoms with Crippen molar-refractivity contribution >= 4 is 12.3 Å². The minimum atomic E-state index is 0.192. The smallest absolute Gasteiger partial charge is 0.227 e. The molecular weight excluding hydrogens is 132 g/mol. The molecule has 0 atom stereocenters. The van der Waals surface area contributed by atoms with Crippen LogP contribution >= 0.6 is 0 Å². The number of hydrazone groups is 1. The molecule has 0 rings (SSSR count). The fraction of sp³-hybridized carbons (Fsp3) is 0.667. The van der Waals surface area contributed by atoms with E-state index in [-0.39, 0.29) is 5.92 Å². The van der Waals surface area contributed by atoms with Crippen molar-refractivity contribution in [1.29, 1.82) is 0 Å². The van der Waals surface area contributed by atoms with E-state index >= 15 is 0 Å². The molecule has 1 amide bonds. The molecule has 1 N–H and O–H groups in total. The second-order valence-electron chi connectivity index (χ2n) is 2.06. The maximum Gasteiger partial charge on any atom is 0.227 e. The summed E-state index contributed by atoms with van der Waals surface area (Å²) in [6, 6.07) is 0. The zero-order valence-corrected chi connectivity index (χ0v) is 6.42. The Labute approximate surface area is 60.3 Å². The average Bonchev–Trinajstić information content (AvgIpc) is 1.89. The van der Waals surface area contributed by atoms with Crippen LogP contribution in [0.3, 0.4) is 0 Å². The van der Waals surface area contributed by atoms with E-state index in [1.165, 1.54) is 7.11 Å². The van der Waals surface area contributed by atoms with Crippen molar-refractivity contribution in [1.82, 2.24) is 5.43 Å². The predicted molar refractivity (Wildman–Crippen MR) is 38.5 cm³/mol. The van der Waals surface area contributed by atoms with Crippen LogP contribution in [0.1, 0.15) is 13.8 Å². The minimum absolute atomic E-state index is 0.192. The number of amides is 1. The number of nitrogens with zero attached hydrogens (tertiary/aromatic N) is 1. The van der Waals surface area contributed by atoms with Crippen LogP contribution in [0.5, 0.6) is 0 Å². The number of hydrogen-bond donors (Lipinski definition) is 1. The molecule has 0 unspecified atom stereocenters. The van der Waals surface area contributed by atoms with Gasteiger partial charge in [-0.1, -0.05) is 13.8 Å². The van der Waals surface area contributed by atoms with Crippen molar-refractivity contribution in [2.45, 2.75) is 13.8 Å². The second kappa shape index (κ2) is 4.78. The first-order chi connectivity index (χ1) is 4.72. The summed E-state index contributed by atoms with van der Waals surface area (Å²) >= 11 is 0. The molecule has 0 aliphatic heterocycles. The first-order valence-electron chi connectivity index (χ1n) is 3.03. The van der Waals surface area contributed by atoms with Gasteiger partial charge in [0.15, 0.2) is 0 Å². The molecule has 0 saturated heterocycles. The molecule has 0 aromatic rings. The Balaban J connectivity index is 3.90. The van der Waals surface area contributed by atoms with Crippen molar-refractivity contribution in [2.24, 2.45) is 11.0 Å². The molecule has 0 aromatic heterocycles. The summed E-state index contributed by atoms with van der Waals surface area (Å²) in [5, 5.41) is 3.64. The van der Waals surface area contributed by atoms with Crippen LogP contribution in [0.4, 0.5) is 0 Å². The zero-order valence-electron chi connectivity index (χ0n) is 6.42. The van der Waals surface area contributed by atoms with Crippen molar-refractivity contribution in [2.75, 3.05) is 7.11 Å². The van der Waals surface area contributed by atoms with E-state index in [4.69, 9.17) is 4.74 Å². The standard InChI is InChI=1S/C6H12N2O2/c1-5(2)6(10-3)8-7-4-9/h4-5H,1-3H3,(H,7,9)/b8-6-. The van der Waals surface area contributed by atoms with Gasteiger partial charge in [0.1, 0.15) is 0 Å². The van der Waals surface area contributed by atoms with Crippen LogP contribution < -0.4 is 5.43 Å². The lowest BCUT2D eigenvalue weighted by Crippen LogP contribution is -2.15. The lowest BCUT2D eigenvalue weighted by Gasteiger charge is -2.05. The Morgan fingerprint density at radius 1 is 1.70 bits per heavy atom. The predicted octanol–water partition coefficient (Wildman–Crippen LogP) is 0.348. The largest absolute Gasteiger partial charge is 0.483 e. The topological polar surface area (TPSA) is 50.7 Å². The molecular formula is C6H12N2O2. The molecule has 10 heavy (non-hydrogen) atoms. The summed E-state index contributed by atoms with van der Waals surface area (Å²) in [5.41, 5.74) is 2.16. The van der Waals surface area contributed by atoms with Gasteiger partial charge in [0.05, 0.1) is 7.11 Å². The fourth-order valence-corrected chi connectivity index (χ4v) is 0.500. The Morgan fingerprint density at radius 2 is 2.30 bits per heavy atom. The number of methoxy groups -OCH3 is 1. The van der Waals surface area contributed by atoms with E-state index in [2.05, 4.69) is 10.5 Å². The van der Waals surface area contributed by atoms with Crippen LogP contribution in [0, 0.1) is 5.92 Å². The van der Waals surface area contributed by atoms with Crippen LogP contribution in [0.2, 0.25) is 0 Å². The third kappa shape index (κ3) is 3.06. The third-order valence-electron chi connectivity index (χ3n) is 0.930. The van der Waals surface area contributed by atoms with Crippen LogP contribution in [0.15, 0.2) is 5.10 Å². The zero-order chi connectivity index (χ0) is 7.98. The van der Waals surface area contributed by atoms with Gasteiger partial charge in [-0.15, -0.1) is 5.10 Å². The van der Waals surface area contributed by atoms with Gasteiger partial charge in [-0.05, 0) is 0 Å². The van der Waals surface area contributed by atoms with Gasteiger partial charge in [0.25, 0.3) is 0 Å². The molecule has 0 bridgehead atoms. The summed E-state index contributed by atoms with van der Waals surface area (Å²) < 4.78 is 4.84. The van der Waals surface area contributed by atoms with Gasteiger partial charge in [-0.2, -0.15) is 0 Å². The lowest BCUT2D eigenvalue weighted by atomic mass is 10.2. The fourth-order valence-electron chi connectivity index (χ4n) is 0.500. The van der Waals surface area contributed by atoms with Crippen molar-refractivity contribution in [3.05, 3.63) is 0 Å². The maximum absolute atomic E-state index is 9.77. The summed E-state index contributed by atoms with van der Waals surface area (Å²) in [6.07, 6.45) is 0.501. The highest BCUT2D eigenvalue weighted by atomic mass is 16.5. The van der Waals surface area contributed by atoms with Crippen LogP contribution in [-0.2, 0) is 9.53 Å². The van der Waals surface area contributed by atoms with Gasteiger partial charge in [0.2, 0.25) is 12.3 Å². The molecule has 0 spiro atoms. The molecule has 4 heteroatoms. The molecule has 0 aromatic carbocycles. The van der Waals surface area contributed by atoms with Gasteiger partial charge in [-0.3, -0.25) is 4.79 Å². The highest BCUT2D eigenvalue weighted by Crippen LogP contribution is 1.95. The van der Waals surface area contributed by atoms with Crippen molar-refractivity contribution in [3.63, 3.8) is 0 Å². The van der Waals surface area contributed by atoms with Crippen LogP contribution in [-0.4, -0.2) is 19.4 Å². The van der Waals surface area contributed by atoms with E-state index < -0.39 is 0 Å². The number of hydrogen-bond acceptors (Lipinski definition) is 3. The second-order valence-corrected chi connectivity index (χ2v) is 2.06.